The fraction of sp³-hybridized carbons (Fsp3) is 0.579. The largest absolute Gasteiger partial charge is 0.490 e. The molecule has 1 aromatic carbocycles. The van der Waals surface area contributed by atoms with Crippen molar-refractivity contribution in [1.82, 2.24) is 4.90 Å². The minimum atomic E-state index is -0.480. The average Bonchev–Trinajstić information content (AvgIpc) is 2.49. The Morgan fingerprint density at radius 3 is 2.40 bits per heavy atom. The van der Waals surface area contributed by atoms with Crippen LogP contribution in [0.1, 0.15) is 46.1 Å². The van der Waals surface area contributed by atoms with Gasteiger partial charge >= 0.3 is 6.09 Å². The van der Waals surface area contributed by atoms with Gasteiger partial charge in [-0.2, -0.15) is 0 Å². The highest BCUT2D eigenvalue weighted by molar-refractivity contribution is 5.89. The zero-order chi connectivity index (χ0) is 18.6. The quantitative estimate of drug-likeness (QED) is 0.904. The van der Waals surface area contributed by atoms with Crippen molar-refractivity contribution in [3.8, 4) is 5.75 Å². The van der Waals surface area contributed by atoms with Crippen LogP contribution >= 0.6 is 0 Å². The van der Waals surface area contributed by atoms with Gasteiger partial charge in [0.05, 0.1) is 0 Å². The summed E-state index contributed by atoms with van der Waals surface area (Å²) in [6.07, 6.45) is 1.28. The van der Waals surface area contributed by atoms with Crippen LogP contribution in [0.15, 0.2) is 18.2 Å². The highest BCUT2D eigenvalue weighted by atomic mass is 16.6. The molecule has 0 saturated carbocycles. The number of nitrogens with zero attached hydrogens (tertiary/aromatic N) is 1. The Balaban J connectivity index is 1.90. The summed E-state index contributed by atoms with van der Waals surface area (Å²) in [5.74, 6) is 0.621. The van der Waals surface area contributed by atoms with Crippen molar-refractivity contribution < 1.29 is 19.1 Å². The Morgan fingerprint density at radius 1 is 1.20 bits per heavy atom. The third-order valence-electron chi connectivity index (χ3n) is 3.92. The number of hydrogen-bond donors (Lipinski definition) is 1. The number of amides is 2. The van der Waals surface area contributed by atoms with E-state index in [1.165, 1.54) is 6.92 Å². The van der Waals surface area contributed by atoms with Gasteiger partial charge in [0.25, 0.3) is 0 Å². The molecule has 138 valence electrons. The zero-order valence-corrected chi connectivity index (χ0v) is 15.7. The van der Waals surface area contributed by atoms with Crippen LogP contribution in [0, 0.1) is 6.92 Å². The molecule has 2 rings (SSSR count). The smallest absolute Gasteiger partial charge is 0.410 e. The number of nitrogens with one attached hydrogen (secondary N) is 1. The van der Waals surface area contributed by atoms with E-state index in [0.29, 0.717) is 13.1 Å². The summed E-state index contributed by atoms with van der Waals surface area (Å²) >= 11 is 0. The van der Waals surface area contributed by atoms with E-state index in [2.05, 4.69) is 5.32 Å². The van der Waals surface area contributed by atoms with E-state index in [1.807, 2.05) is 45.9 Å². The highest BCUT2D eigenvalue weighted by Gasteiger charge is 2.27. The van der Waals surface area contributed by atoms with Crippen molar-refractivity contribution in [1.29, 1.82) is 0 Å². The fourth-order valence-electron chi connectivity index (χ4n) is 2.67. The maximum atomic E-state index is 12.1. The van der Waals surface area contributed by atoms with Crippen LogP contribution in [-0.2, 0) is 9.53 Å². The Labute approximate surface area is 149 Å². The third kappa shape index (κ3) is 5.96. The van der Waals surface area contributed by atoms with Gasteiger partial charge in [0.2, 0.25) is 5.91 Å². The molecule has 0 spiro atoms. The molecule has 1 aliphatic rings. The zero-order valence-electron chi connectivity index (χ0n) is 15.7. The van der Waals surface area contributed by atoms with Crippen molar-refractivity contribution in [2.24, 2.45) is 0 Å². The van der Waals surface area contributed by atoms with E-state index in [1.54, 1.807) is 4.90 Å². The standard InChI is InChI=1S/C19H28N2O4/c1-13-6-7-16(12-17(13)20-14(2)22)24-15-8-10-21(11-9-15)18(23)25-19(3,4)5/h6-7,12,15H,8-11H2,1-5H3,(H,20,22). The van der Waals surface area contributed by atoms with E-state index in [-0.39, 0.29) is 18.1 Å². The number of likely N-dealkylation sites (tertiary alicyclic amines) is 1. The van der Waals surface area contributed by atoms with Crippen molar-refractivity contribution in [2.45, 2.75) is 59.2 Å². The Bertz CT molecular complexity index is 629. The molecule has 1 aliphatic heterocycles. The molecular formula is C19H28N2O4. The minimum absolute atomic E-state index is 0.0478. The molecule has 1 heterocycles. The van der Waals surface area contributed by atoms with E-state index < -0.39 is 5.60 Å². The molecule has 0 unspecified atom stereocenters. The summed E-state index contributed by atoms with van der Waals surface area (Å²) < 4.78 is 11.4. The lowest BCUT2D eigenvalue weighted by Gasteiger charge is -2.33. The van der Waals surface area contributed by atoms with Crippen LogP contribution in [0.5, 0.6) is 5.75 Å². The summed E-state index contributed by atoms with van der Waals surface area (Å²) in [6.45, 7) is 10.3. The second kappa shape index (κ2) is 7.76. The highest BCUT2D eigenvalue weighted by Crippen LogP contribution is 2.25. The van der Waals surface area contributed by atoms with Gasteiger partial charge in [0.15, 0.2) is 0 Å². The number of carbonyl (C=O) groups is 2. The predicted molar refractivity (Wildman–Crippen MR) is 96.9 cm³/mol. The number of anilines is 1. The first-order chi connectivity index (χ1) is 11.6. The van der Waals surface area contributed by atoms with Gasteiger partial charge in [-0.1, -0.05) is 6.07 Å². The molecule has 0 aromatic heterocycles. The monoisotopic (exact) mass is 348 g/mol. The molecule has 6 nitrogen and oxygen atoms in total. The van der Waals surface area contributed by atoms with Crippen molar-refractivity contribution >= 4 is 17.7 Å². The maximum absolute atomic E-state index is 12.1. The van der Waals surface area contributed by atoms with Gasteiger partial charge in [-0.05, 0) is 39.3 Å². The number of piperidine rings is 1. The molecule has 25 heavy (non-hydrogen) atoms. The second-order valence-electron chi connectivity index (χ2n) is 7.44. The summed E-state index contributed by atoms with van der Waals surface area (Å²) in [6, 6.07) is 5.67. The number of carbonyl (C=O) groups excluding carboxylic acids is 2. The summed E-state index contributed by atoms with van der Waals surface area (Å²) in [5, 5.41) is 2.81. The molecule has 1 fully saturated rings. The number of hydrogen-bond acceptors (Lipinski definition) is 4. The van der Waals surface area contributed by atoms with Crippen molar-refractivity contribution in [2.75, 3.05) is 18.4 Å². The molecule has 2 amide bonds. The first-order valence-electron chi connectivity index (χ1n) is 8.67. The van der Waals surface area contributed by atoms with Crippen LogP contribution in [0.4, 0.5) is 10.5 Å². The molecule has 1 N–H and O–H groups in total. The van der Waals surface area contributed by atoms with Gasteiger partial charge in [-0.25, -0.2) is 4.79 Å². The first-order valence-corrected chi connectivity index (χ1v) is 8.67. The van der Waals surface area contributed by atoms with Gasteiger partial charge in [-0.3, -0.25) is 4.79 Å². The molecular weight excluding hydrogens is 320 g/mol. The maximum Gasteiger partial charge on any atom is 0.410 e. The van der Waals surface area contributed by atoms with Crippen molar-refractivity contribution in [3.63, 3.8) is 0 Å². The van der Waals surface area contributed by atoms with E-state index in [4.69, 9.17) is 9.47 Å². The lowest BCUT2D eigenvalue weighted by Crippen LogP contribution is -2.44. The van der Waals surface area contributed by atoms with Gasteiger partial charge < -0.3 is 19.7 Å². The number of ether oxygens (including phenoxy) is 2. The normalized spacial score (nSPS) is 15.6. The summed E-state index contributed by atoms with van der Waals surface area (Å²) in [4.78, 5) is 25.1. The number of rotatable bonds is 3. The Morgan fingerprint density at radius 2 is 1.84 bits per heavy atom. The molecule has 1 saturated heterocycles. The Hall–Kier alpha value is -2.24. The van der Waals surface area contributed by atoms with E-state index >= 15 is 0 Å². The number of benzene rings is 1. The number of aryl methyl sites for hydroxylation is 1. The molecule has 0 bridgehead atoms. The van der Waals surface area contributed by atoms with Gasteiger partial charge in [0, 0.05) is 44.6 Å². The summed E-state index contributed by atoms with van der Waals surface area (Å²) in [7, 11) is 0. The fourth-order valence-corrected chi connectivity index (χ4v) is 2.67. The van der Waals surface area contributed by atoms with Crippen LogP contribution < -0.4 is 10.1 Å². The van der Waals surface area contributed by atoms with Gasteiger partial charge in [0.1, 0.15) is 17.5 Å². The molecule has 1 aromatic rings. The van der Waals surface area contributed by atoms with Crippen molar-refractivity contribution in [3.05, 3.63) is 23.8 Å². The molecule has 0 radical (unpaired) electrons. The van der Waals surface area contributed by atoms with E-state index in [9.17, 15) is 9.59 Å². The van der Waals surface area contributed by atoms with Crippen LogP contribution in [-0.4, -0.2) is 41.7 Å². The SMILES string of the molecule is CC(=O)Nc1cc(OC2CCN(C(=O)OC(C)(C)C)CC2)ccc1C. The Kier molecular flexibility index (Phi) is 5.93. The first kappa shape index (κ1) is 19.1. The van der Waals surface area contributed by atoms with Crippen LogP contribution in [0.25, 0.3) is 0 Å². The van der Waals surface area contributed by atoms with Crippen LogP contribution in [0.2, 0.25) is 0 Å². The van der Waals surface area contributed by atoms with Gasteiger partial charge in [-0.15, -0.1) is 0 Å². The lowest BCUT2D eigenvalue weighted by atomic mass is 10.1. The topological polar surface area (TPSA) is 67.9 Å². The van der Waals surface area contributed by atoms with Crippen LogP contribution in [0.3, 0.4) is 0 Å². The second-order valence-corrected chi connectivity index (χ2v) is 7.44. The van der Waals surface area contributed by atoms with E-state index in [0.717, 1.165) is 29.8 Å². The molecule has 0 aliphatic carbocycles. The average molecular weight is 348 g/mol. The summed E-state index contributed by atoms with van der Waals surface area (Å²) in [5.41, 5.74) is 1.27. The molecule has 6 heteroatoms. The predicted octanol–water partition coefficient (Wildman–Crippen LogP) is 3.73. The molecule has 0 atom stereocenters. The lowest BCUT2D eigenvalue weighted by molar-refractivity contribution is -0.114. The minimum Gasteiger partial charge on any atom is -0.490 e. The third-order valence-corrected chi connectivity index (χ3v) is 3.92.